The van der Waals surface area contributed by atoms with Crippen LogP contribution in [0.3, 0.4) is 0 Å². The second-order valence-corrected chi connectivity index (χ2v) is 3.90. The lowest BCUT2D eigenvalue weighted by Gasteiger charge is -2.03. The van der Waals surface area contributed by atoms with Crippen molar-refractivity contribution in [3.05, 3.63) is 34.8 Å². The fraction of sp³-hybridized carbons (Fsp3) is 0.200. The Labute approximate surface area is 96.3 Å². The van der Waals surface area contributed by atoms with E-state index in [1.807, 2.05) is 29.8 Å². The van der Waals surface area contributed by atoms with Crippen LogP contribution in [0.15, 0.2) is 29.0 Å². The standard InChI is InChI=1S/C10H11BrN4/c1-15-8(6-12)14-10(11)9(15)7-4-2-3-5-13-7/h2-5H,6,12H2,1H3. The molecule has 0 fully saturated rings. The zero-order chi connectivity index (χ0) is 10.8. The molecule has 2 aromatic rings. The number of imidazole rings is 1. The summed E-state index contributed by atoms with van der Waals surface area (Å²) in [4.78, 5) is 8.61. The molecular formula is C10H11BrN4. The Morgan fingerprint density at radius 3 is 2.80 bits per heavy atom. The zero-order valence-electron chi connectivity index (χ0n) is 8.31. The molecule has 78 valence electrons. The molecule has 0 aliphatic heterocycles. The van der Waals surface area contributed by atoms with E-state index in [-0.39, 0.29) is 0 Å². The van der Waals surface area contributed by atoms with Crippen molar-refractivity contribution in [3.63, 3.8) is 0 Å². The molecule has 0 radical (unpaired) electrons. The van der Waals surface area contributed by atoms with E-state index >= 15 is 0 Å². The van der Waals surface area contributed by atoms with E-state index in [4.69, 9.17) is 5.73 Å². The van der Waals surface area contributed by atoms with Crippen LogP contribution in [-0.4, -0.2) is 14.5 Å². The number of aromatic nitrogens is 3. The van der Waals surface area contributed by atoms with Crippen LogP contribution in [0.25, 0.3) is 11.4 Å². The van der Waals surface area contributed by atoms with Gasteiger partial charge in [0.25, 0.3) is 0 Å². The maximum absolute atomic E-state index is 5.59. The fourth-order valence-corrected chi connectivity index (χ4v) is 2.15. The average molecular weight is 267 g/mol. The lowest BCUT2D eigenvalue weighted by Crippen LogP contribution is -2.05. The predicted octanol–water partition coefficient (Wildman–Crippen LogP) is 1.70. The van der Waals surface area contributed by atoms with Gasteiger partial charge >= 0.3 is 0 Å². The molecule has 2 aromatic heterocycles. The second kappa shape index (κ2) is 4.12. The molecule has 2 heterocycles. The Balaban J connectivity index is 2.58. The minimum absolute atomic E-state index is 0.419. The topological polar surface area (TPSA) is 56.7 Å². The summed E-state index contributed by atoms with van der Waals surface area (Å²) in [6.45, 7) is 0.419. The highest BCUT2D eigenvalue weighted by atomic mass is 79.9. The van der Waals surface area contributed by atoms with Crippen molar-refractivity contribution >= 4 is 15.9 Å². The minimum Gasteiger partial charge on any atom is -0.328 e. The van der Waals surface area contributed by atoms with E-state index in [1.165, 1.54) is 0 Å². The van der Waals surface area contributed by atoms with Crippen LogP contribution in [0, 0.1) is 0 Å². The SMILES string of the molecule is Cn1c(CN)nc(Br)c1-c1ccccn1. The van der Waals surface area contributed by atoms with Crippen LogP contribution in [0.1, 0.15) is 5.82 Å². The smallest absolute Gasteiger partial charge is 0.134 e. The molecule has 2 N–H and O–H groups in total. The number of pyridine rings is 1. The third-order valence-electron chi connectivity index (χ3n) is 2.24. The van der Waals surface area contributed by atoms with Crippen LogP contribution >= 0.6 is 15.9 Å². The van der Waals surface area contributed by atoms with Gasteiger partial charge in [-0.05, 0) is 28.1 Å². The highest BCUT2D eigenvalue weighted by Gasteiger charge is 2.13. The number of halogens is 1. The molecule has 0 aliphatic rings. The molecule has 2 rings (SSSR count). The Bertz CT molecular complexity index is 464. The van der Waals surface area contributed by atoms with Crippen LogP contribution in [-0.2, 0) is 13.6 Å². The first-order valence-corrected chi connectivity index (χ1v) is 5.36. The number of hydrogen-bond acceptors (Lipinski definition) is 3. The van der Waals surface area contributed by atoms with Crippen LogP contribution in [0.2, 0.25) is 0 Å². The van der Waals surface area contributed by atoms with Gasteiger partial charge in [-0.2, -0.15) is 0 Å². The molecule has 4 nitrogen and oxygen atoms in total. The summed E-state index contributed by atoms with van der Waals surface area (Å²) in [5, 5.41) is 0. The molecule has 0 unspecified atom stereocenters. The van der Waals surface area contributed by atoms with Crippen molar-refractivity contribution in [3.8, 4) is 11.4 Å². The number of rotatable bonds is 2. The maximum atomic E-state index is 5.59. The highest BCUT2D eigenvalue weighted by molar-refractivity contribution is 9.10. The van der Waals surface area contributed by atoms with Gasteiger partial charge in [-0.15, -0.1) is 0 Å². The third-order valence-corrected chi connectivity index (χ3v) is 2.79. The van der Waals surface area contributed by atoms with E-state index in [2.05, 4.69) is 25.9 Å². The van der Waals surface area contributed by atoms with Gasteiger partial charge in [-0.25, -0.2) is 4.98 Å². The number of nitrogens with zero attached hydrogens (tertiary/aromatic N) is 3. The molecule has 5 heteroatoms. The van der Waals surface area contributed by atoms with Gasteiger partial charge in [-0.3, -0.25) is 4.98 Å². The Kier molecular flexibility index (Phi) is 2.83. The normalized spacial score (nSPS) is 10.6. The van der Waals surface area contributed by atoms with Gasteiger partial charge in [0.1, 0.15) is 16.1 Å². The third kappa shape index (κ3) is 1.80. The van der Waals surface area contributed by atoms with Crippen molar-refractivity contribution in [1.82, 2.24) is 14.5 Å². The van der Waals surface area contributed by atoms with Crippen molar-refractivity contribution in [2.24, 2.45) is 12.8 Å². The Morgan fingerprint density at radius 1 is 1.47 bits per heavy atom. The van der Waals surface area contributed by atoms with E-state index in [9.17, 15) is 0 Å². The average Bonchev–Trinajstić information content (AvgIpc) is 2.55. The molecule has 0 aromatic carbocycles. The van der Waals surface area contributed by atoms with Crippen LogP contribution in [0.5, 0.6) is 0 Å². The molecular weight excluding hydrogens is 256 g/mol. The minimum atomic E-state index is 0.419. The molecule has 0 bridgehead atoms. The second-order valence-electron chi connectivity index (χ2n) is 3.15. The predicted molar refractivity (Wildman–Crippen MR) is 62.0 cm³/mol. The molecule has 0 aliphatic carbocycles. The number of nitrogens with two attached hydrogens (primary N) is 1. The lowest BCUT2D eigenvalue weighted by molar-refractivity contribution is 0.797. The summed E-state index contributed by atoms with van der Waals surface area (Å²) in [5.41, 5.74) is 7.43. The van der Waals surface area contributed by atoms with Gasteiger partial charge in [0.2, 0.25) is 0 Å². The highest BCUT2D eigenvalue weighted by Crippen LogP contribution is 2.26. The van der Waals surface area contributed by atoms with Crippen molar-refractivity contribution < 1.29 is 0 Å². The quantitative estimate of drug-likeness (QED) is 0.901. The van der Waals surface area contributed by atoms with Crippen molar-refractivity contribution in [1.29, 1.82) is 0 Å². The van der Waals surface area contributed by atoms with E-state index in [0.717, 1.165) is 21.8 Å². The Hall–Kier alpha value is -1.20. The summed E-state index contributed by atoms with van der Waals surface area (Å²) in [6, 6.07) is 5.78. The van der Waals surface area contributed by atoms with Crippen molar-refractivity contribution in [2.45, 2.75) is 6.54 Å². The first-order valence-electron chi connectivity index (χ1n) is 4.56. The first kappa shape index (κ1) is 10.3. The lowest BCUT2D eigenvalue weighted by atomic mass is 10.3. The summed E-state index contributed by atoms with van der Waals surface area (Å²) >= 11 is 3.42. The summed E-state index contributed by atoms with van der Waals surface area (Å²) in [6.07, 6.45) is 1.76. The zero-order valence-corrected chi connectivity index (χ0v) is 9.90. The maximum Gasteiger partial charge on any atom is 0.134 e. The fourth-order valence-electron chi connectivity index (χ4n) is 1.47. The van der Waals surface area contributed by atoms with Crippen molar-refractivity contribution in [2.75, 3.05) is 0 Å². The van der Waals surface area contributed by atoms with Crippen LogP contribution < -0.4 is 5.73 Å². The summed E-state index contributed by atoms with van der Waals surface area (Å²) in [7, 11) is 1.93. The van der Waals surface area contributed by atoms with E-state index in [1.54, 1.807) is 6.20 Å². The molecule has 0 saturated carbocycles. The van der Waals surface area contributed by atoms with Gasteiger partial charge < -0.3 is 10.3 Å². The first-order chi connectivity index (χ1) is 7.24. The monoisotopic (exact) mass is 266 g/mol. The van der Waals surface area contributed by atoms with Gasteiger partial charge in [0.05, 0.1) is 12.2 Å². The summed E-state index contributed by atoms with van der Waals surface area (Å²) in [5.74, 6) is 0.836. The van der Waals surface area contributed by atoms with Gasteiger partial charge in [0.15, 0.2) is 0 Å². The molecule has 0 saturated heterocycles. The van der Waals surface area contributed by atoms with E-state index in [0.29, 0.717) is 6.54 Å². The Morgan fingerprint density at radius 2 is 2.27 bits per heavy atom. The van der Waals surface area contributed by atoms with Crippen LogP contribution in [0.4, 0.5) is 0 Å². The molecule has 0 atom stereocenters. The largest absolute Gasteiger partial charge is 0.328 e. The summed E-state index contributed by atoms with van der Waals surface area (Å²) < 4.78 is 2.73. The number of hydrogen-bond donors (Lipinski definition) is 1. The van der Waals surface area contributed by atoms with Gasteiger partial charge in [-0.1, -0.05) is 6.07 Å². The molecule has 0 amide bonds. The van der Waals surface area contributed by atoms with E-state index < -0.39 is 0 Å². The molecule has 15 heavy (non-hydrogen) atoms. The molecule has 0 spiro atoms. The van der Waals surface area contributed by atoms with Gasteiger partial charge in [0, 0.05) is 13.2 Å².